The van der Waals surface area contributed by atoms with Gasteiger partial charge >= 0.3 is 5.97 Å². The number of nitrogens with one attached hydrogen (secondary N) is 1. The molecule has 0 aromatic heterocycles. The lowest BCUT2D eigenvalue weighted by molar-refractivity contribution is -0.148. The van der Waals surface area contributed by atoms with E-state index < -0.39 is 0 Å². The van der Waals surface area contributed by atoms with Crippen LogP contribution in [0.2, 0.25) is 0 Å². The van der Waals surface area contributed by atoms with Gasteiger partial charge in [-0.05, 0) is 6.92 Å². The maximum Gasteiger partial charge on any atom is 0.309 e. The molecule has 0 saturated heterocycles. The summed E-state index contributed by atoms with van der Waals surface area (Å²) in [6.07, 6.45) is 0. The normalized spacial score (nSPS) is 12.9. The van der Waals surface area contributed by atoms with Crippen LogP contribution in [0.15, 0.2) is 0 Å². The summed E-state index contributed by atoms with van der Waals surface area (Å²) in [5.74, 6) is -0.196. The van der Waals surface area contributed by atoms with Gasteiger partial charge in [0.15, 0.2) is 0 Å². The fourth-order valence-corrected chi connectivity index (χ4v) is 1.22. The molecule has 0 aliphatic rings. The average molecular weight is 202 g/mol. The van der Waals surface area contributed by atoms with Crippen molar-refractivity contribution in [2.75, 3.05) is 26.2 Å². The number of nitrogens with zero attached hydrogens (tertiary/aromatic N) is 1. The predicted molar refractivity (Wildman–Crippen MR) is 56.7 cm³/mol. The lowest BCUT2D eigenvalue weighted by atomic mass is 10.2. The molecule has 1 unspecified atom stereocenters. The largest absolute Gasteiger partial charge is 0.466 e. The first-order valence-electron chi connectivity index (χ1n) is 5.30. The summed E-state index contributed by atoms with van der Waals surface area (Å²) < 4.78 is 4.93. The predicted octanol–water partition coefficient (Wildman–Crippen LogP) is 1.03. The maximum absolute atomic E-state index is 11.3. The molecule has 0 aromatic rings. The molecule has 0 aliphatic carbocycles. The number of carbonyl (C=O) groups is 1. The fourth-order valence-electron chi connectivity index (χ4n) is 1.22. The van der Waals surface area contributed by atoms with Crippen LogP contribution in [0.1, 0.15) is 27.7 Å². The van der Waals surface area contributed by atoms with Gasteiger partial charge in [0.05, 0.1) is 12.5 Å². The molecule has 1 N–H and O–H groups in total. The number of hydrogen-bond acceptors (Lipinski definition) is 4. The zero-order valence-corrected chi connectivity index (χ0v) is 9.67. The third-order valence-corrected chi connectivity index (χ3v) is 1.95. The molecule has 4 nitrogen and oxygen atoms in total. The second-order valence-corrected chi connectivity index (χ2v) is 3.20. The van der Waals surface area contributed by atoms with Crippen LogP contribution in [-0.2, 0) is 9.53 Å². The van der Waals surface area contributed by atoms with E-state index in [0.29, 0.717) is 13.2 Å². The minimum Gasteiger partial charge on any atom is -0.466 e. The Bertz CT molecular complexity index is 162. The molecule has 0 aliphatic heterocycles. The van der Waals surface area contributed by atoms with Crippen molar-refractivity contribution < 1.29 is 9.53 Å². The monoisotopic (exact) mass is 202 g/mol. The SMILES string of the molecule is CCNN(CC)CC(C)C(=O)OCC. The molecule has 0 spiro atoms. The van der Waals surface area contributed by atoms with E-state index in [-0.39, 0.29) is 11.9 Å². The first-order chi connectivity index (χ1) is 6.65. The van der Waals surface area contributed by atoms with Gasteiger partial charge in [-0.3, -0.25) is 10.2 Å². The third-order valence-electron chi connectivity index (χ3n) is 1.95. The smallest absolute Gasteiger partial charge is 0.309 e. The van der Waals surface area contributed by atoms with Gasteiger partial charge < -0.3 is 4.74 Å². The zero-order chi connectivity index (χ0) is 11.0. The highest BCUT2D eigenvalue weighted by atomic mass is 16.5. The molecule has 0 saturated carbocycles. The summed E-state index contributed by atoms with van der Waals surface area (Å²) in [6, 6.07) is 0. The Morgan fingerprint density at radius 2 is 2.07 bits per heavy atom. The summed E-state index contributed by atoms with van der Waals surface area (Å²) in [4.78, 5) is 11.3. The molecule has 1 atom stereocenters. The highest BCUT2D eigenvalue weighted by molar-refractivity contribution is 5.72. The number of esters is 1. The summed E-state index contributed by atoms with van der Waals surface area (Å²) in [6.45, 7) is 10.7. The van der Waals surface area contributed by atoms with Gasteiger partial charge in [0.2, 0.25) is 0 Å². The van der Waals surface area contributed by atoms with Crippen LogP contribution < -0.4 is 5.43 Å². The van der Waals surface area contributed by atoms with Crippen molar-refractivity contribution in [2.24, 2.45) is 5.92 Å². The zero-order valence-electron chi connectivity index (χ0n) is 9.67. The Hall–Kier alpha value is -0.610. The molecule has 84 valence electrons. The number of hydrazine groups is 1. The maximum atomic E-state index is 11.3. The molecule has 4 heteroatoms. The van der Waals surface area contributed by atoms with E-state index in [1.165, 1.54) is 0 Å². The van der Waals surface area contributed by atoms with Crippen molar-refractivity contribution in [3.63, 3.8) is 0 Å². The van der Waals surface area contributed by atoms with Crippen LogP contribution in [0.3, 0.4) is 0 Å². The molecule has 0 heterocycles. The van der Waals surface area contributed by atoms with Crippen LogP contribution in [-0.4, -0.2) is 37.2 Å². The average Bonchev–Trinajstić information content (AvgIpc) is 2.17. The molecule has 0 rings (SSSR count). The van der Waals surface area contributed by atoms with Crippen LogP contribution >= 0.6 is 0 Å². The minimum atomic E-state index is -0.121. The summed E-state index contributed by atoms with van der Waals surface area (Å²) in [7, 11) is 0. The third kappa shape index (κ3) is 5.19. The van der Waals surface area contributed by atoms with Gasteiger partial charge in [0.1, 0.15) is 0 Å². The van der Waals surface area contributed by atoms with E-state index in [0.717, 1.165) is 13.1 Å². The van der Waals surface area contributed by atoms with Crippen molar-refractivity contribution in [2.45, 2.75) is 27.7 Å². The van der Waals surface area contributed by atoms with Gasteiger partial charge in [0.25, 0.3) is 0 Å². The lowest BCUT2D eigenvalue weighted by Gasteiger charge is -2.23. The second kappa shape index (κ2) is 7.76. The Labute approximate surface area is 86.6 Å². The summed E-state index contributed by atoms with van der Waals surface area (Å²) in [5.41, 5.74) is 3.19. The topological polar surface area (TPSA) is 41.6 Å². The van der Waals surface area contributed by atoms with Gasteiger partial charge in [-0.15, -0.1) is 0 Å². The second-order valence-electron chi connectivity index (χ2n) is 3.20. The number of ether oxygens (including phenoxy) is 1. The van der Waals surface area contributed by atoms with Crippen LogP contribution in [0.4, 0.5) is 0 Å². The Kier molecular flexibility index (Phi) is 7.42. The van der Waals surface area contributed by atoms with Crippen LogP contribution in [0.5, 0.6) is 0 Å². The van der Waals surface area contributed by atoms with Crippen molar-refractivity contribution in [3.8, 4) is 0 Å². The molecular weight excluding hydrogens is 180 g/mol. The standard InChI is InChI=1S/C10H22N2O2/c1-5-11-12(6-2)8-9(4)10(13)14-7-3/h9,11H,5-8H2,1-4H3. The number of carbonyl (C=O) groups excluding carboxylic acids is 1. The quantitative estimate of drug-likeness (QED) is 0.494. The van der Waals surface area contributed by atoms with E-state index in [1.54, 1.807) is 0 Å². The molecule has 0 amide bonds. The fraction of sp³-hybridized carbons (Fsp3) is 0.900. The molecule has 0 aromatic carbocycles. The van der Waals surface area contributed by atoms with Crippen LogP contribution in [0.25, 0.3) is 0 Å². The van der Waals surface area contributed by atoms with E-state index >= 15 is 0 Å². The highest BCUT2D eigenvalue weighted by Crippen LogP contribution is 2.00. The highest BCUT2D eigenvalue weighted by Gasteiger charge is 2.16. The Morgan fingerprint density at radius 1 is 1.43 bits per heavy atom. The van der Waals surface area contributed by atoms with E-state index in [9.17, 15) is 4.79 Å². The molecule has 0 fully saturated rings. The summed E-state index contributed by atoms with van der Waals surface area (Å²) in [5, 5.41) is 2.03. The summed E-state index contributed by atoms with van der Waals surface area (Å²) >= 11 is 0. The lowest BCUT2D eigenvalue weighted by Crippen LogP contribution is -2.42. The Balaban J connectivity index is 3.88. The van der Waals surface area contributed by atoms with Gasteiger partial charge in [-0.25, -0.2) is 5.01 Å². The van der Waals surface area contributed by atoms with Crippen molar-refractivity contribution in [3.05, 3.63) is 0 Å². The first-order valence-corrected chi connectivity index (χ1v) is 5.30. The minimum absolute atomic E-state index is 0.0750. The number of rotatable bonds is 7. The van der Waals surface area contributed by atoms with Gasteiger partial charge in [0, 0.05) is 19.6 Å². The van der Waals surface area contributed by atoms with Crippen LogP contribution in [0, 0.1) is 5.92 Å². The number of hydrogen-bond donors (Lipinski definition) is 1. The van der Waals surface area contributed by atoms with Gasteiger partial charge in [-0.2, -0.15) is 0 Å². The molecular formula is C10H22N2O2. The van der Waals surface area contributed by atoms with Gasteiger partial charge in [-0.1, -0.05) is 20.8 Å². The first kappa shape index (κ1) is 13.4. The molecule has 14 heavy (non-hydrogen) atoms. The molecule has 0 radical (unpaired) electrons. The van der Waals surface area contributed by atoms with E-state index in [2.05, 4.69) is 12.3 Å². The van der Waals surface area contributed by atoms with E-state index in [1.807, 2.05) is 25.8 Å². The van der Waals surface area contributed by atoms with E-state index in [4.69, 9.17) is 4.74 Å². The van der Waals surface area contributed by atoms with Crippen molar-refractivity contribution >= 4 is 5.97 Å². The molecule has 0 bridgehead atoms. The van der Waals surface area contributed by atoms with Crippen molar-refractivity contribution in [1.29, 1.82) is 0 Å². The van der Waals surface area contributed by atoms with Crippen molar-refractivity contribution in [1.82, 2.24) is 10.4 Å². The Morgan fingerprint density at radius 3 is 2.50 bits per heavy atom.